The zero-order valence-corrected chi connectivity index (χ0v) is 27.7. The van der Waals surface area contributed by atoms with Gasteiger partial charge in [0.25, 0.3) is 0 Å². The van der Waals surface area contributed by atoms with Gasteiger partial charge in [0.2, 0.25) is 0 Å². The maximum absolute atomic E-state index is 5.85. The summed E-state index contributed by atoms with van der Waals surface area (Å²) in [6.07, 6.45) is 3.76. The fourth-order valence-electron chi connectivity index (χ4n) is 5.31. The molecule has 3 heterocycles. The standard InChI is InChI=1S/C20H16NO.C20H18N.Ir/c1-13(2)14-9-10-21-18(12-14)15-7-8-20-17(11-15)16-5-3-4-6-19(16)22-20;1-20(2,17-11-7-4-8-12-17)18-13-14-21-19(15-18)16-9-5-3-6-10-16;/h3-6,8-13H,1-2H3;3-9,11-15H,1-2H3;/q2*-1;. The van der Waals surface area contributed by atoms with E-state index in [0.717, 1.165) is 44.5 Å². The molecule has 1 radical (unpaired) electrons. The van der Waals surface area contributed by atoms with Gasteiger partial charge in [-0.25, -0.2) is 0 Å². The molecule has 0 atom stereocenters. The first-order chi connectivity index (χ1) is 20.9. The topological polar surface area (TPSA) is 38.9 Å². The van der Waals surface area contributed by atoms with Gasteiger partial charge in [-0.15, -0.1) is 59.7 Å². The molecule has 3 nitrogen and oxygen atoms in total. The van der Waals surface area contributed by atoms with Gasteiger partial charge in [0.15, 0.2) is 0 Å². The summed E-state index contributed by atoms with van der Waals surface area (Å²) >= 11 is 0. The molecule has 7 aromatic rings. The van der Waals surface area contributed by atoms with Crippen LogP contribution in [0, 0.1) is 12.1 Å². The largest absolute Gasteiger partial charge is 0.500 e. The molecule has 4 aromatic carbocycles. The Kier molecular flexibility index (Phi) is 9.54. The molecule has 3 aromatic heterocycles. The minimum Gasteiger partial charge on any atom is -0.500 e. The summed E-state index contributed by atoms with van der Waals surface area (Å²) in [6, 6.07) is 45.7. The monoisotopic (exact) mass is 751 g/mol. The Balaban J connectivity index is 0.000000171. The van der Waals surface area contributed by atoms with Crippen molar-refractivity contribution in [3.05, 3.63) is 156 Å². The zero-order valence-electron chi connectivity index (χ0n) is 25.3. The molecule has 0 aliphatic carbocycles. The first kappa shape index (κ1) is 31.1. The van der Waals surface area contributed by atoms with Crippen molar-refractivity contribution in [3.8, 4) is 22.5 Å². The minimum absolute atomic E-state index is 0. The summed E-state index contributed by atoms with van der Waals surface area (Å²) in [5.41, 5.74) is 9.54. The van der Waals surface area contributed by atoms with E-state index in [2.05, 4.69) is 117 Å². The first-order valence-electron chi connectivity index (χ1n) is 14.7. The third-order valence-corrected chi connectivity index (χ3v) is 8.00. The summed E-state index contributed by atoms with van der Waals surface area (Å²) < 4.78 is 5.85. The van der Waals surface area contributed by atoms with Crippen LogP contribution in [0.15, 0.2) is 132 Å². The van der Waals surface area contributed by atoms with Crippen molar-refractivity contribution in [1.29, 1.82) is 0 Å². The fourth-order valence-corrected chi connectivity index (χ4v) is 5.31. The molecule has 221 valence electrons. The Morgan fingerprint density at radius 3 is 2.09 bits per heavy atom. The molecule has 0 aliphatic heterocycles. The van der Waals surface area contributed by atoms with E-state index in [9.17, 15) is 0 Å². The predicted octanol–water partition coefficient (Wildman–Crippen LogP) is 10.4. The second kappa shape index (κ2) is 13.5. The second-order valence-corrected chi connectivity index (χ2v) is 11.5. The van der Waals surface area contributed by atoms with Gasteiger partial charge in [0.05, 0.1) is 5.58 Å². The van der Waals surface area contributed by atoms with Gasteiger partial charge in [0.1, 0.15) is 5.58 Å². The van der Waals surface area contributed by atoms with E-state index in [1.54, 1.807) is 0 Å². The van der Waals surface area contributed by atoms with Crippen molar-refractivity contribution in [2.45, 2.75) is 39.0 Å². The SMILES string of the molecule is CC(C)(c1ccccc1)c1ccnc(-c2[c-]cccc2)c1.CC(C)c1ccnc(-c2[c-]cc3oc4ccccc4c3c2)c1.[Ir]. The van der Waals surface area contributed by atoms with Crippen LogP contribution < -0.4 is 0 Å². The maximum Gasteiger partial charge on any atom is 0.120 e. The first-order valence-corrected chi connectivity index (χ1v) is 14.7. The van der Waals surface area contributed by atoms with Gasteiger partial charge in [-0.2, -0.15) is 0 Å². The Morgan fingerprint density at radius 2 is 1.34 bits per heavy atom. The quantitative estimate of drug-likeness (QED) is 0.165. The van der Waals surface area contributed by atoms with E-state index < -0.39 is 0 Å². The maximum atomic E-state index is 5.85. The molecule has 0 saturated heterocycles. The summed E-state index contributed by atoms with van der Waals surface area (Å²) in [5.74, 6) is 0.486. The van der Waals surface area contributed by atoms with Gasteiger partial charge in [-0.3, -0.25) is 0 Å². The molecular formula is C40H34IrN2O-2. The molecule has 0 N–H and O–H groups in total. The Hall–Kier alpha value is -4.37. The molecule has 0 aliphatic rings. The Morgan fingerprint density at radius 1 is 0.636 bits per heavy atom. The van der Waals surface area contributed by atoms with Gasteiger partial charge in [-0.05, 0) is 46.6 Å². The number of benzene rings is 4. The summed E-state index contributed by atoms with van der Waals surface area (Å²) in [5, 5.41) is 2.24. The van der Waals surface area contributed by atoms with Crippen molar-refractivity contribution < 1.29 is 24.5 Å². The summed E-state index contributed by atoms with van der Waals surface area (Å²) in [6.45, 7) is 8.87. The number of hydrogen-bond donors (Lipinski definition) is 0. The number of aromatic nitrogens is 2. The van der Waals surface area contributed by atoms with Gasteiger partial charge in [-0.1, -0.05) is 99.3 Å². The Bertz CT molecular complexity index is 1980. The van der Waals surface area contributed by atoms with Crippen molar-refractivity contribution in [2.24, 2.45) is 0 Å². The van der Waals surface area contributed by atoms with Gasteiger partial charge in [0, 0.05) is 43.3 Å². The van der Waals surface area contributed by atoms with Crippen LogP contribution in [0.3, 0.4) is 0 Å². The van der Waals surface area contributed by atoms with Crippen LogP contribution in [-0.2, 0) is 25.5 Å². The van der Waals surface area contributed by atoms with Crippen LogP contribution >= 0.6 is 0 Å². The number of fused-ring (bicyclic) bond motifs is 3. The van der Waals surface area contributed by atoms with Crippen LogP contribution in [0.1, 0.15) is 50.3 Å². The number of para-hydroxylation sites is 1. The van der Waals surface area contributed by atoms with Crippen molar-refractivity contribution >= 4 is 21.9 Å². The molecule has 0 fully saturated rings. The van der Waals surface area contributed by atoms with E-state index in [4.69, 9.17) is 4.42 Å². The predicted molar refractivity (Wildman–Crippen MR) is 177 cm³/mol. The molecule has 7 rings (SSSR count). The van der Waals surface area contributed by atoms with E-state index in [0.29, 0.717) is 5.92 Å². The molecule has 44 heavy (non-hydrogen) atoms. The Labute approximate surface area is 273 Å². The van der Waals surface area contributed by atoms with Crippen LogP contribution in [0.25, 0.3) is 44.5 Å². The van der Waals surface area contributed by atoms with Crippen LogP contribution in [-0.4, -0.2) is 9.97 Å². The van der Waals surface area contributed by atoms with E-state index in [1.165, 1.54) is 16.7 Å². The average Bonchev–Trinajstić information content (AvgIpc) is 3.44. The third kappa shape index (κ3) is 6.57. The van der Waals surface area contributed by atoms with E-state index in [-0.39, 0.29) is 25.5 Å². The van der Waals surface area contributed by atoms with Gasteiger partial charge < -0.3 is 14.4 Å². The van der Waals surface area contributed by atoms with Crippen molar-refractivity contribution in [2.75, 3.05) is 0 Å². The third-order valence-electron chi connectivity index (χ3n) is 8.00. The number of furan rings is 1. The van der Waals surface area contributed by atoms with Crippen LogP contribution in [0.4, 0.5) is 0 Å². The normalized spacial score (nSPS) is 11.2. The number of hydrogen-bond acceptors (Lipinski definition) is 3. The molecule has 0 spiro atoms. The smallest absolute Gasteiger partial charge is 0.120 e. The molecule has 0 amide bonds. The summed E-state index contributed by atoms with van der Waals surface area (Å²) in [4.78, 5) is 8.99. The average molecular weight is 751 g/mol. The molecule has 0 bridgehead atoms. The zero-order chi connectivity index (χ0) is 29.8. The number of pyridine rings is 2. The minimum atomic E-state index is -0.0479. The van der Waals surface area contributed by atoms with E-state index in [1.807, 2.05) is 60.9 Å². The van der Waals surface area contributed by atoms with Gasteiger partial charge >= 0.3 is 0 Å². The second-order valence-electron chi connectivity index (χ2n) is 11.5. The molecule has 4 heteroatoms. The van der Waals surface area contributed by atoms with Crippen LogP contribution in [0.5, 0.6) is 0 Å². The molecule has 0 unspecified atom stereocenters. The molecular weight excluding hydrogens is 717 g/mol. The summed E-state index contributed by atoms with van der Waals surface area (Å²) in [7, 11) is 0. The van der Waals surface area contributed by atoms with Crippen molar-refractivity contribution in [3.63, 3.8) is 0 Å². The molecule has 0 saturated carbocycles. The van der Waals surface area contributed by atoms with Crippen LogP contribution in [0.2, 0.25) is 0 Å². The van der Waals surface area contributed by atoms with E-state index >= 15 is 0 Å². The van der Waals surface area contributed by atoms with Crippen molar-refractivity contribution in [1.82, 2.24) is 9.97 Å². The fraction of sp³-hybridized carbons (Fsp3) is 0.150. The number of nitrogens with zero attached hydrogens (tertiary/aromatic N) is 2. The number of rotatable bonds is 5.